The molecule has 0 bridgehead atoms. The topological polar surface area (TPSA) is 66.5 Å². The zero-order valence-electron chi connectivity index (χ0n) is 12.9. The van der Waals surface area contributed by atoms with Gasteiger partial charge in [-0.05, 0) is 25.1 Å². The lowest BCUT2D eigenvalue weighted by Crippen LogP contribution is -2.42. The first-order valence-corrected chi connectivity index (χ1v) is 9.65. The lowest BCUT2D eigenvalue weighted by molar-refractivity contribution is -0.122. The normalized spacial score (nSPS) is 19.9. The van der Waals surface area contributed by atoms with E-state index in [1.807, 2.05) is 6.92 Å². The SMILES string of the molecule is CCN(CC(=O)N[C@H]1CCS(=O)(=O)C1)Cc1c(F)cccc1Cl. The Morgan fingerprint density at radius 2 is 2.22 bits per heavy atom. The zero-order chi connectivity index (χ0) is 17.0. The van der Waals surface area contributed by atoms with Crippen LogP contribution in [0.2, 0.25) is 5.02 Å². The maximum absolute atomic E-state index is 13.8. The molecular weight excluding hydrogens is 343 g/mol. The molecule has 1 aromatic rings. The van der Waals surface area contributed by atoms with Crippen molar-refractivity contribution < 1.29 is 17.6 Å². The van der Waals surface area contributed by atoms with Crippen LogP contribution in [-0.2, 0) is 21.2 Å². The summed E-state index contributed by atoms with van der Waals surface area (Å²) in [6, 6.07) is 4.14. The van der Waals surface area contributed by atoms with Crippen molar-refractivity contribution in [2.24, 2.45) is 0 Å². The summed E-state index contributed by atoms with van der Waals surface area (Å²) in [7, 11) is -3.03. The minimum Gasteiger partial charge on any atom is -0.351 e. The van der Waals surface area contributed by atoms with Crippen LogP contribution in [0.5, 0.6) is 0 Å². The monoisotopic (exact) mass is 362 g/mol. The molecule has 1 amide bonds. The highest BCUT2D eigenvalue weighted by atomic mass is 35.5. The molecule has 1 N–H and O–H groups in total. The molecule has 8 heteroatoms. The molecular formula is C15H20ClFN2O3S. The van der Waals surface area contributed by atoms with Crippen LogP contribution in [0.25, 0.3) is 0 Å². The third kappa shape index (κ3) is 5.16. The van der Waals surface area contributed by atoms with Crippen LogP contribution in [0.1, 0.15) is 18.9 Å². The Balaban J connectivity index is 1.93. The van der Waals surface area contributed by atoms with Crippen LogP contribution >= 0.6 is 11.6 Å². The lowest BCUT2D eigenvalue weighted by atomic mass is 10.2. The summed E-state index contributed by atoms with van der Waals surface area (Å²) >= 11 is 6.00. The summed E-state index contributed by atoms with van der Waals surface area (Å²) in [5.41, 5.74) is 0.354. The largest absolute Gasteiger partial charge is 0.351 e. The van der Waals surface area contributed by atoms with Gasteiger partial charge in [-0.3, -0.25) is 9.69 Å². The lowest BCUT2D eigenvalue weighted by Gasteiger charge is -2.22. The van der Waals surface area contributed by atoms with E-state index in [0.29, 0.717) is 23.6 Å². The first kappa shape index (κ1) is 18.2. The van der Waals surface area contributed by atoms with E-state index in [4.69, 9.17) is 11.6 Å². The fourth-order valence-corrected chi connectivity index (χ4v) is 4.47. The molecule has 0 radical (unpaired) electrons. The van der Waals surface area contributed by atoms with Crippen molar-refractivity contribution in [2.75, 3.05) is 24.6 Å². The Labute approximate surface area is 140 Å². The number of hydrogen-bond acceptors (Lipinski definition) is 4. The van der Waals surface area contributed by atoms with E-state index in [-0.39, 0.29) is 36.5 Å². The van der Waals surface area contributed by atoms with Gasteiger partial charge in [-0.1, -0.05) is 24.6 Å². The highest BCUT2D eigenvalue weighted by Gasteiger charge is 2.29. The Bertz CT molecular complexity index is 661. The number of nitrogens with zero attached hydrogens (tertiary/aromatic N) is 1. The number of halogens is 2. The van der Waals surface area contributed by atoms with Crippen molar-refractivity contribution in [3.63, 3.8) is 0 Å². The van der Waals surface area contributed by atoms with Crippen molar-refractivity contribution in [1.29, 1.82) is 0 Å². The molecule has 128 valence electrons. The standard InChI is InChI=1S/C15H20ClFN2O3S/c1-2-19(8-12-13(16)4-3-5-14(12)17)9-15(20)18-11-6-7-23(21,22)10-11/h3-5,11H,2,6-10H2,1H3,(H,18,20)/t11-/m0/s1. The third-order valence-corrected chi connectivity index (χ3v) is 5.98. The molecule has 1 saturated heterocycles. The molecule has 1 fully saturated rings. The van der Waals surface area contributed by atoms with E-state index in [1.165, 1.54) is 12.1 Å². The van der Waals surface area contributed by atoms with Gasteiger partial charge >= 0.3 is 0 Å². The average Bonchev–Trinajstić information content (AvgIpc) is 2.80. The highest BCUT2D eigenvalue weighted by molar-refractivity contribution is 7.91. The molecule has 0 aliphatic carbocycles. The molecule has 1 aromatic carbocycles. The predicted octanol–water partition coefficient (Wildman–Crippen LogP) is 1.60. The van der Waals surface area contributed by atoms with Gasteiger partial charge in [0.1, 0.15) is 5.82 Å². The predicted molar refractivity (Wildman–Crippen MR) is 87.6 cm³/mol. The van der Waals surface area contributed by atoms with Crippen LogP contribution in [0.15, 0.2) is 18.2 Å². The van der Waals surface area contributed by atoms with Crippen molar-refractivity contribution in [3.05, 3.63) is 34.6 Å². The maximum Gasteiger partial charge on any atom is 0.234 e. The Hall–Kier alpha value is -1.18. The molecule has 0 aromatic heterocycles. The van der Waals surface area contributed by atoms with Gasteiger partial charge in [-0.25, -0.2) is 12.8 Å². The summed E-state index contributed by atoms with van der Waals surface area (Å²) in [4.78, 5) is 13.8. The third-order valence-electron chi connectivity index (χ3n) is 3.86. The fraction of sp³-hybridized carbons (Fsp3) is 0.533. The first-order chi connectivity index (χ1) is 10.8. The second kappa shape index (κ2) is 7.59. The molecule has 0 unspecified atom stereocenters. The number of benzene rings is 1. The summed E-state index contributed by atoms with van der Waals surface area (Å²) < 4.78 is 36.6. The molecule has 2 rings (SSSR count). The Kier molecular flexibility index (Phi) is 6.00. The maximum atomic E-state index is 13.8. The van der Waals surface area contributed by atoms with E-state index in [1.54, 1.807) is 11.0 Å². The van der Waals surface area contributed by atoms with Gasteiger partial charge in [-0.2, -0.15) is 0 Å². The molecule has 0 saturated carbocycles. The number of rotatable bonds is 6. The number of sulfone groups is 1. The zero-order valence-corrected chi connectivity index (χ0v) is 14.5. The number of likely N-dealkylation sites (N-methyl/N-ethyl adjacent to an activating group) is 1. The quantitative estimate of drug-likeness (QED) is 0.834. The second-order valence-corrected chi connectivity index (χ2v) is 8.31. The minimum absolute atomic E-state index is 0.00991. The molecule has 1 atom stereocenters. The minimum atomic E-state index is -3.03. The molecule has 5 nitrogen and oxygen atoms in total. The van der Waals surface area contributed by atoms with Crippen LogP contribution in [-0.4, -0.2) is 49.9 Å². The summed E-state index contributed by atoms with van der Waals surface area (Å²) in [6.45, 7) is 2.69. The first-order valence-electron chi connectivity index (χ1n) is 7.45. The second-order valence-electron chi connectivity index (χ2n) is 5.67. The molecule has 1 aliphatic rings. The van der Waals surface area contributed by atoms with E-state index >= 15 is 0 Å². The van der Waals surface area contributed by atoms with Crippen LogP contribution in [0.3, 0.4) is 0 Å². The molecule has 0 spiro atoms. The van der Waals surface area contributed by atoms with Crippen molar-refractivity contribution in [2.45, 2.75) is 25.9 Å². The van der Waals surface area contributed by atoms with E-state index in [9.17, 15) is 17.6 Å². The van der Waals surface area contributed by atoms with Gasteiger partial charge in [0.25, 0.3) is 0 Å². The number of nitrogens with one attached hydrogen (secondary N) is 1. The van der Waals surface area contributed by atoms with E-state index in [2.05, 4.69) is 5.32 Å². The van der Waals surface area contributed by atoms with Crippen LogP contribution < -0.4 is 5.32 Å². The van der Waals surface area contributed by atoms with Gasteiger partial charge in [0.2, 0.25) is 5.91 Å². The highest BCUT2D eigenvalue weighted by Crippen LogP contribution is 2.20. The fourth-order valence-electron chi connectivity index (χ4n) is 2.57. The molecule has 1 heterocycles. The van der Waals surface area contributed by atoms with Gasteiger partial charge in [0.05, 0.1) is 18.1 Å². The van der Waals surface area contributed by atoms with Crippen molar-refractivity contribution in [1.82, 2.24) is 10.2 Å². The van der Waals surface area contributed by atoms with Crippen LogP contribution in [0, 0.1) is 5.82 Å². The van der Waals surface area contributed by atoms with Gasteiger partial charge in [0.15, 0.2) is 9.84 Å². The number of carbonyl (C=O) groups is 1. The Morgan fingerprint density at radius 1 is 1.48 bits per heavy atom. The summed E-state index contributed by atoms with van der Waals surface area (Å²) in [5, 5.41) is 3.05. The smallest absolute Gasteiger partial charge is 0.234 e. The summed E-state index contributed by atoms with van der Waals surface area (Å²) in [5.74, 6) is -0.566. The van der Waals surface area contributed by atoms with Gasteiger partial charge in [0, 0.05) is 23.2 Å². The molecule has 1 aliphatic heterocycles. The van der Waals surface area contributed by atoms with Gasteiger partial charge in [-0.15, -0.1) is 0 Å². The van der Waals surface area contributed by atoms with Crippen LogP contribution in [0.4, 0.5) is 4.39 Å². The summed E-state index contributed by atoms with van der Waals surface area (Å²) in [6.07, 6.45) is 0.444. The van der Waals surface area contributed by atoms with E-state index in [0.717, 1.165) is 0 Å². The average molecular weight is 363 g/mol. The van der Waals surface area contributed by atoms with Crippen molar-refractivity contribution in [3.8, 4) is 0 Å². The van der Waals surface area contributed by atoms with Crippen molar-refractivity contribution >= 4 is 27.3 Å². The number of hydrogen-bond donors (Lipinski definition) is 1. The number of carbonyl (C=O) groups excluding carboxylic acids is 1. The molecule has 23 heavy (non-hydrogen) atoms. The van der Waals surface area contributed by atoms with E-state index < -0.39 is 15.7 Å². The van der Waals surface area contributed by atoms with Gasteiger partial charge < -0.3 is 5.32 Å². The number of amides is 1. The Morgan fingerprint density at radius 3 is 2.78 bits per heavy atom.